The van der Waals surface area contributed by atoms with Gasteiger partial charge in [0.1, 0.15) is 13.2 Å². The monoisotopic (exact) mass is 368 g/mol. The lowest BCUT2D eigenvalue weighted by atomic mass is 10.2. The Morgan fingerprint density at radius 1 is 1.29 bits per heavy atom. The molecule has 1 aromatic carbocycles. The summed E-state index contributed by atoms with van der Waals surface area (Å²) in [5, 5.41) is 3.08. The number of hydrogen-bond acceptors (Lipinski definition) is 4. The molecule has 7 heteroatoms. The molecule has 0 fully saturated rings. The zero-order chi connectivity index (χ0) is 14.8. The molecule has 1 N–H and O–H groups in total. The van der Waals surface area contributed by atoms with Gasteiger partial charge in [-0.25, -0.2) is 0 Å². The molecule has 108 valence electrons. The third-order valence-corrected chi connectivity index (χ3v) is 3.85. The number of anilines is 1. The van der Waals surface area contributed by atoms with Gasteiger partial charge in [-0.2, -0.15) is 0 Å². The second-order valence-corrected chi connectivity index (χ2v) is 5.55. The predicted molar refractivity (Wildman–Crippen MR) is 82.3 cm³/mol. The van der Waals surface area contributed by atoms with Gasteiger partial charge in [-0.3, -0.25) is 9.78 Å². The van der Waals surface area contributed by atoms with Gasteiger partial charge in [0, 0.05) is 29.0 Å². The number of nitrogens with zero attached hydrogens (tertiary/aromatic N) is 1. The van der Waals surface area contributed by atoms with Crippen LogP contribution in [0.3, 0.4) is 0 Å². The number of rotatable bonds is 2. The van der Waals surface area contributed by atoms with E-state index in [0.717, 1.165) is 0 Å². The SMILES string of the molecule is O=C(Nc1cc2c(cc1Br)OCCO2)c1ccncc1Cl. The summed E-state index contributed by atoms with van der Waals surface area (Å²) in [6.45, 7) is 0.996. The highest BCUT2D eigenvalue weighted by Gasteiger charge is 2.17. The van der Waals surface area contributed by atoms with Crippen molar-refractivity contribution in [1.82, 2.24) is 4.98 Å². The third-order valence-electron chi connectivity index (χ3n) is 2.90. The number of benzene rings is 1. The summed E-state index contributed by atoms with van der Waals surface area (Å²) in [5.74, 6) is 0.924. The van der Waals surface area contributed by atoms with E-state index in [4.69, 9.17) is 21.1 Å². The molecule has 0 aliphatic carbocycles. The Balaban J connectivity index is 1.88. The van der Waals surface area contributed by atoms with E-state index in [1.54, 1.807) is 18.2 Å². The molecule has 0 radical (unpaired) electrons. The second kappa shape index (κ2) is 5.91. The van der Waals surface area contributed by atoms with E-state index in [1.165, 1.54) is 12.4 Å². The predicted octanol–water partition coefficient (Wildman–Crippen LogP) is 3.52. The van der Waals surface area contributed by atoms with Crippen molar-refractivity contribution in [3.8, 4) is 11.5 Å². The number of nitrogens with one attached hydrogen (secondary N) is 1. The van der Waals surface area contributed by atoms with Crippen LogP contribution < -0.4 is 14.8 Å². The van der Waals surface area contributed by atoms with Gasteiger partial charge in [-0.15, -0.1) is 0 Å². The quantitative estimate of drug-likeness (QED) is 0.880. The highest BCUT2D eigenvalue weighted by Crippen LogP contribution is 2.38. The Kier molecular flexibility index (Phi) is 3.98. The van der Waals surface area contributed by atoms with Crippen molar-refractivity contribution in [2.45, 2.75) is 0 Å². The first-order valence-corrected chi connectivity index (χ1v) is 7.32. The van der Waals surface area contributed by atoms with Crippen molar-refractivity contribution >= 4 is 39.1 Å². The number of ether oxygens (including phenoxy) is 2. The molecule has 0 saturated carbocycles. The van der Waals surface area contributed by atoms with Crippen molar-refractivity contribution in [2.75, 3.05) is 18.5 Å². The van der Waals surface area contributed by atoms with Crippen LogP contribution in [0.25, 0.3) is 0 Å². The molecule has 1 aliphatic heterocycles. The minimum Gasteiger partial charge on any atom is -0.486 e. The fourth-order valence-electron chi connectivity index (χ4n) is 1.91. The molecule has 0 saturated heterocycles. The van der Waals surface area contributed by atoms with Crippen molar-refractivity contribution < 1.29 is 14.3 Å². The summed E-state index contributed by atoms with van der Waals surface area (Å²) in [6.07, 6.45) is 2.94. The number of halogens is 2. The number of aromatic nitrogens is 1. The third kappa shape index (κ3) is 2.96. The Morgan fingerprint density at radius 3 is 2.71 bits per heavy atom. The largest absolute Gasteiger partial charge is 0.486 e. The van der Waals surface area contributed by atoms with Gasteiger partial charge in [0.2, 0.25) is 0 Å². The number of fused-ring (bicyclic) bond motifs is 1. The zero-order valence-corrected chi connectivity index (χ0v) is 13.1. The van der Waals surface area contributed by atoms with Gasteiger partial charge >= 0.3 is 0 Å². The zero-order valence-electron chi connectivity index (χ0n) is 10.7. The molecule has 0 atom stereocenters. The van der Waals surface area contributed by atoms with E-state index >= 15 is 0 Å². The minimum absolute atomic E-state index is 0.295. The molecule has 0 bridgehead atoms. The molecule has 1 aliphatic rings. The number of carbonyl (C=O) groups is 1. The average molecular weight is 370 g/mol. The Hall–Kier alpha value is -1.79. The van der Waals surface area contributed by atoms with Crippen LogP contribution in [0.2, 0.25) is 5.02 Å². The van der Waals surface area contributed by atoms with Gasteiger partial charge < -0.3 is 14.8 Å². The van der Waals surface area contributed by atoms with E-state index < -0.39 is 0 Å². The topological polar surface area (TPSA) is 60.5 Å². The van der Waals surface area contributed by atoms with Crippen LogP contribution in [0.5, 0.6) is 11.5 Å². The number of carbonyl (C=O) groups excluding carboxylic acids is 1. The lowest BCUT2D eigenvalue weighted by Gasteiger charge is -2.20. The smallest absolute Gasteiger partial charge is 0.257 e. The average Bonchev–Trinajstić information content (AvgIpc) is 2.48. The van der Waals surface area contributed by atoms with Gasteiger partial charge in [0.25, 0.3) is 5.91 Å². The van der Waals surface area contributed by atoms with E-state index in [0.29, 0.717) is 45.5 Å². The van der Waals surface area contributed by atoms with E-state index in [9.17, 15) is 4.79 Å². The van der Waals surface area contributed by atoms with Gasteiger partial charge in [0.05, 0.1) is 16.3 Å². The van der Waals surface area contributed by atoms with Crippen LogP contribution in [0.1, 0.15) is 10.4 Å². The van der Waals surface area contributed by atoms with Crippen molar-refractivity contribution in [3.05, 3.63) is 45.7 Å². The maximum Gasteiger partial charge on any atom is 0.257 e. The number of hydrogen-bond donors (Lipinski definition) is 1. The summed E-state index contributed by atoms with van der Waals surface area (Å²) in [6, 6.07) is 5.04. The lowest BCUT2D eigenvalue weighted by Crippen LogP contribution is -2.17. The fourth-order valence-corrected chi connectivity index (χ4v) is 2.54. The Bertz CT molecular complexity index is 709. The van der Waals surface area contributed by atoms with Crippen molar-refractivity contribution in [1.29, 1.82) is 0 Å². The van der Waals surface area contributed by atoms with Crippen LogP contribution in [0.15, 0.2) is 35.1 Å². The summed E-state index contributed by atoms with van der Waals surface area (Å²) in [5.41, 5.74) is 0.936. The second-order valence-electron chi connectivity index (χ2n) is 4.29. The van der Waals surface area contributed by atoms with E-state index in [1.807, 2.05) is 0 Å². The van der Waals surface area contributed by atoms with Crippen LogP contribution in [-0.4, -0.2) is 24.1 Å². The molecule has 2 aromatic rings. The van der Waals surface area contributed by atoms with Crippen LogP contribution >= 0.6 is 27.5 Å². The Labute approximate surface area is 134 Å². The molecule has 0 unspecified atom stereocenters. The molecular weight excluding hydrogens is 360 g/mol. The van der Waals surface area contributed by atoms with Gasteiger partial charge in [0.15, 0.2) is 11.5 Å². The molecule has 21 heavy (non-hydrogen) atoms. The first-order valence-electron chi connectivity index (χ1n) is 6.15. The standard InChI is InChI=1S/C14H10BrClN2O3/c15-9-5-12-13(21-4-3-20-12)6-11(9)18-14(19)8-1-2-17-7-10(8)16/h1-2,5-7H,3-4H2,(H,18,19). The summed E-state index contributed by atoms with van der Waals surface area (Å²) >= 11 is 9.36. The van der Waals surface area contributed by atoms with Gasteiger partial charge in [-0.1, -0.05) is 11.6 Å². The molecular formula is C14H10BrClN2O3. The van der Waals surface area contributed by atoms with E-state index in [-0.39, 0.29) is 5.91 Å². The molecule has 5 nitrogen and oxygen atoms in total. The fraction of sp³-hybridized carbons (Fsp3) is 0.143. The van der Waals surface area contributed by atoms with Crippen LogP contribution in [0, 0.1) is 0 Å². The van der Waals surface area contributed by atoms with Crippen LogP contribution in [0.4, 0.5) is 5.69 Å². The summed E-state index contributed by atoms with van der Waals surface area (Å²) in [7, 11) is 0. The highest BCUT2D eigenvalue weighted by atomic mass is 79.9. The van der Waals surface area contributed by atoms with Crippen LogP contribution in [-0.2, 0) is 0 Å². The number of pyridine rings is 1. The first kappa shape index (κ1) is 14.2. The molecule has 3 rings (SSSR count). The molecule has 1 amide bonds. The van der Waals surface area contributed by atoms with Crippen molar-refractivity contribution in [2.24, 2.45) is 0 Å². The highest BCUT2D eigenvalue weighted by molar-refractivity contribution is 9.10. The molecule has 1 aromatic heterocycles. The van der Waals surface area contributed by atoms with Crippen molar-refractivity contribution in [3.63, 3.8) is 0 Å². The van der Waals surface area contributed by atoms with Gasteiger partial charge in [-0.05, 0) is 22.0 Å². The normalized spacial score (nSPS) is 12.9. The lowest BCUT2D eigenvalue weighted by molar-refractivity contribution is 0.102. The molecule has 0 spiro atoms. The van der Waals surface area contributed by atoms with E-state index in [2.05, 4.69) is 26.2 Å². The maximum atomic E-state index is 12.2. The number of amides is 1. The molecule has 2 heterocycles. The Morgan fingerprint density at radius 2 is 2.00 bits per heavy atom. The minimum atomic E-state index is -0.320. The first-order chi connectivity index (χ1) is 10.1. The summed E-state index contributed by atoms with van der Waals surface area (Å²) < 4.78 is 11.7. The summed E-state index contributed by atoms with van der Waals surface area (Å²) in [4.78, 5) is 16.1. The maximum absolute atomic E-state index is 12.2.